The minimum absolute atomic E-state index is 0.701. The minimum atomic E-state index is 0.701. The van der Waals surface area contributed by atoms with E-state index in [0.717, 1.165) is 6.54 Å². The minimum Gasteiger partial charge on any atom is -0.313 e. The fourth-order valence-corrected chi connectivity index (χ4v) is 4.42. The van der Waals surface area contributed by atoms with Gasteiger partial charge in [0.1, 0.15) is 0 Å². The zero-order valence-electron chi connectivity index (χ0n) is 15.7. The Balaban J connectivity index is 1.59. The van der Waals surface area contributed by atoms with Gasteiger partial charge in [-0.05, 0) is 51.1 Å². The fraction of sp³-hybridized carbons (Fsp3) is 0.619. The van der Waals surface area contributed by atoms with Crippen molar-refractivity contribution >= 4 is 10.9 Å². The summed E-state index contributed by atoms with van der Waals surface area (Å²) in [5.41, 5.74) is 2.79. The van der Waals surface area contributed by atoms with Gasteiger partial charge in [-0.25, -0.2) is 0 Å². The Morgan fingerprint density at radius 3 is 2.64 bits per heavy atom. The first-order valence-electron chi connectivity index (χ1n) is 9.86. The molecule has 25 heavy (non-hydrogen) atoms. The Morgan fingerprint density at radius 1 is 1.12 bits per heavy atom. The molecule has 2 saturated heterocycles. The molecule has 0 spiro atoms. The number of hydrogen-bond donors (Lipinski definition) is 0. The van der Waals surface area contributed by atoms with Gasteiger partial charge in [0.15, 0.2) is 0 Å². The molecule has 1 atom stereocenters. The van der Waals surface area contributed by atoms with Crippen LogP contribution in [0.1, 0.15) is 37.7 Å². The number of likely N-dealkylation sites (N-methyl/N-ethyl adjacent to an activating group) is 1. The average molecular weight is 340 g/mol. The van der Waals surface area contributed by atoms with Crippen LogP contribution >= 0.6 is 0 Å². The molecule has 4 rings (SSSR count). The van der Waals surface area contributed by atoms with Gasteiger partial charge in [-0.1, -0.05) is 25.0 Å². The van der Waals surface area contributed by atoms with Crippen molar-refractivity contribution in [2.45, 2.75) is 44.7 Å². The van der Waals surface area contributed by atoms with Crippen LogP contribution in [0.15, 0.2) is 24.4 Å². The third-order valence-electron chi connectivity index (χ3n) is 5.97. The van der Waals surface area contributed by atoms with Crippen molar-refractivity contribution < 1.29 is 0 Å². The van der Waals surface area contributed by atoms with Gasteiger partial charge in [0.05, 0.1) is 5.52 Å². The van der Waals surface area contributed by atoms with E-state index in [4.69, 9.17) is 0 Å². The first-order chi connectivity index (χ1) is 12.2. The number of nitrogens with zero attached hydrogens (tertiary/aromatic N) is 4. The fourth-order valence-electron chi connectivity index (χ4n) is 4.42. The Labute approximate surface area is 152 Å². The van der Waals surface area contributed by atoms with Crippen molar-refractivity contribution in [3.63, 3.8) is 0 Å². The summed E-state index contributed by atoms with van der Waals surface area (Å²) >= 11 is 0. The third kappa shape index (κ3) is 3.56. The molecule has 1 radical (unpaired) electrons. The average Bonchev–Trinajstić information content (AvgIpc) is 3.12. The Bertz CT molecular complexity index is 697. The van der Waals surface area contributed by atoms with Crippen molar-refractivity contribution in [3.8, 4) is 0 Å². The molecule has 2 fully saturated rings. The molecule has 1 unspecified atom stereocenters. The molecule has 2 aliphatic heterocycles. The summed E-state index contributed by atoms with van der Waals surface area (Å²) in [5, 5.41) is 3.94. The Kier molecular flexibility index (Phi) is 5.00. The maximum absolute atomic E-state index is 3.29. The molecule has 1 aromatic heterocycles. The van der Waals surface area contributed by atoms with Crippen LogP contribution in [0.2, 0.25) is 0 Å². The lowest BCUT2D eigenvalue weighted by molar-refractivity contribution is 0.265. The number of rotatable bonds is 4. The van der Waals surface area contributed by atoms with E-state index < -0.39 is 0 Å². The molecule has 0 aliphatic carbocycles. The van der Waals surface area contributed by atoms with Crippen LogP contribution in [0.5, 0.6) is 0 Å². The van der Waals surface area contributed by atoms with Crippen LogP contribution in [-0.2, 0) is 6.54 Å². The van der Waals surface area contributed by atoms with E-state index in [1.54, 1.807) is 0 Å². The molecule has 2 aliphatic rings. The quantitative estimate of drug-likeness (QED) is 0.851. The second-order valence-corrected chi connectivity index (χ2v) is 7.95. The lowest BCUT2D eigenvalue weighted by Gasteiger charge is -2.25. The van der Waals surface area contributed by atoms with Gasteiger partial charge < -0.3 is 9.91 Å². The molecule has 0 amide bonds. The maximum Gasteiger partial charge on any atom is 0.0704 e. The normalized spacial score (nSPS) is 22.8. The number of benzene rings is 1. The highest BCUT2D eigenvalue weighted by Gasteiger charge is 2.25. The molecule has 135 valence electrons. The van der Waals surface area contributed by atoms with E-state index in [1.165, 1.54) is 74.7 Å². The largest absolute Gasteiger partial charge is 0.313 e. The molecular weight excluding hydrogens is 308 g/mol. The van der Waals surface area contributed by atoms with Crippen LogP contribution in [0, 0.1) is 6.07 Å². The van der Waals surface area contributed by atoms with Crippen LogP contribution in [0.3, 0.4) is 0 Å². The highest BCUT2D eigenvalue weighted by Crippen LogP contribution is 2.25. The van der Waals surface area contributed by atoms with Crippen molar-refractivity contribution in [2.24, 2.45) is 0 Å². The van der Waals surface area contributed by atoms with Gasteiger partial charge in [0, 0.05) is 50.3 Å². The van der Waals surface area contributed by atoms with Gasteiger partial charge in [-0.3, -0.25) is 9.58 Å². The van der Waals surface area contributed by atoms with Gasteiger partial charge in [-0.2, -0.15) is 0 Å². The molecule has 0 bridgehead atoms. The van der Waals surface area contributed by atoms with Crippen molar-refractivity contribution in [1.82, 2.24) is 14.5 Å². The second kappa shape index (κ2) is 7.38. The molecule has 0 saturated carbocycles. The van der Waals surface area contributed by atoms with E-state index in [9.17, 15) is 0 Å². The highest BCUT2D eigenvalue weighted by atomic mass is 15.5. The summed E-state index contributed by atoms with van der Waals surface area (Å²) in [6, 6.07) is 10.5. The van der Waals surface area contributed by atoms with Crippen LogP contribution in [0.4, 0.5) is 0 Å². The predicted octanol–water partition coefficient (Wildman–Crippen LogP) is 3.09. The number of hydrogen-bond acceptors (Lipinski definition) is 3. The summed E-state index contributed by atoms with van der Waals surface area (Å²) in [7, 11) is 4.41. The summed E-state index contributed by atoms with van der Waals surface area (Å²) in [4.78, 5) is 4.98. The van der Waals surface area contributed by atoms with E-state index in [1.807, 2.05) is 0 Å². The van der Waals surface area contributed by atoms with Crippen LogP contribution < -0.4 is 5.01 Å². The Hall–Kier alpha value is -1.52. The maximum atomic E-state index is 3.29. The summed E-state index contributed by atoms with van der Waals surface area (Å²) in [6.45, 7) is 5.79. The predicted molar refractivity (Wildman–Crippen MR) is 105 cm³/mol. The molecule has 0 N–H and O–H groups in total. The first kappa shape index (κ1) is 16.9. The lowest BCUT2D eigenvalue weighted by Crippen LogP contribution is -2.34. The molecule has 4 nitrogen and oxygen atoms in total. The van der Waals surface area contributed by atoms with Crippen LogP contribution in [0.25, 0.3) is 10.9 Å². The molecule has 4 heteroatoms. The highest BCUT2D eigenvalue weighted by molar-refractivity contribution is 5.84. The van der Waals surface area contributed by atoms with Gasteiger partial charge >= 0.3 is 0 Å². The zero-order chi connectivity index (χ0) is 17.2. The topological polar surface area (TPSA) is 14.7 Å². The second-order valence-electron chi connectivity index (χ2n) is 7.95. The van der Waals surface area contributed by atoms with Gasteiger partial charge in [0.25, 0.3) is 0 Å². The summed E-state index contributed by atoms with van der Waals surface area (Å²) in [6.07, 6.45) is 9.03. The Morgan fingerprint density at radius 2 is 1.92 bits per heavy atom. The van der Waals surface area contributed by atoms with Gasteiger partial charge in [-0.15, -0.1) is 0 Å². The van der Waals surface area contributed by atoms with E-state index in [-0.39, 0.29) is 0 Å². The number of likely N-dealkylation sites (tertiary alicyclic amines) is 1. The monoisotopic (exact) mass is 339 g/mol. The van der Waals surface area contributed by atoms with Crippen molar-refractivity contribution in [2.75, 3.05) is 45.3 Å². The summed E-state index contributed by atoms with van der Waals surface area (Å²) < 4.78 is 2.42. The van der Waals surface area contributed by atoms with Crippen LogP contribution in [-0.4, -0.2) is 60.8 Å². The van der Waals surface area contributed by atoms with Crippen molar-refractivity contribution in [1.29, 1.82) is 0 Å². The molecule has 2 aromatic rings. The lowest BCUT2D eigenvalue weighted by atomic mass is 10.1. The van der Waals surface area contributed by atoms with Crippen molar-refractivity contribution in [3.05, 3.63) is 36.0 Å². The SMILES string of the molecule is CN(C)C1CCN(Cc2cn(N3CCCCCC3)c3c[c]ccc23)C1. The third-order valence-corrected chi connectivity index (χ3v) is 5.97. The molecule has 3 heterocycles. The standard InChI is InChI=1S/C21H31N4/c1-22(2)19-11-14-23(17-19)15-18-16-25(21-10-6-5-9-20(18)21)24-12-7-3-4-8-13-24/h5,9-10,16,19H,3-4,7-8,11-15,17H2,1-2H3. The first-order valence-corrected chi connectivity index (χ1v) is 9.86. The van der Waals surface area contributed by atoms with E-state index in [0.29, 0.717) is 6.04 Å². The zero-order valence-corrected chi connectivity index (χ0v) is 15.7. The van der Waals surface area contributed by atoms with Gasteiger partial charge in [0.2, 0.25) is 0 Å². The summed E-state index contributed by atoms with van der Waals surface area (Å²) in [5.74, 6) is 0. The number of fused-ring (bicyclic) bond motifs is 1. The van der Waals surface area contributed by atoms with E-state index in [2.05, 4.69) is 64.0 Å². The molecular formula is C21H31N4. The molecule has 1 aromatic carbocycles. The number of aromatic nitrogens is 1. The van der Waals surface area contributed by atoms with E-state index >= 15 is 0 Å². The smallest absolute Gasteiger partial charge is 0.0704 e.